The van der Waals surface area contributed by atoms with Gasteiger partial charge >= 0.3 is 0 Å². The molecule has 0 unspecified atom stereocenters. The molecule has 2 heterocycles. The number of carbonyl (C=O) groups is 2. The zero-order valence-electron chi connectivity index (χ0n) is 21.7. The Labute approximate surface area is 222 Å². The van der Waals surface area contributed by atoms with Crippen molar-refractivity contribution in [3.8, 4) is 16.9 Å². The maximum Gasteiger partial charge on any atom is 0.252 e. The van der Waals surface area contributed by atoms with Crippen LogP contribution in [0.3, 0.4) is 0 Å². The number of ether oxygens (including phenoxy) is 2. The van der Waals surface area contributed by atoms with E-state index < -0.39 is 23.1 Å². The molecule has 0 aliphatic heterocycles. The summed E-state index contributed by atoms with van der Waals surface area (Å²) in [5, 5.41) is 13.3. The second kappa shape index (κ2) is 11.1. The molecule has 10 nitrogen and oxygen atoms in total. The van der Waals surface area contributed by atoms with Gasteiger partial charge in [0.1, 0.15) is 41.1 Å². The number of likely N-dealkylation sites (N-methyl/N-ethyl adjacent to an activating group) is 1. The molecule has 0 aliphatic rings. The molecule has 2 aromatic carbocycles. The third kappa shape index (κ3) is 4.76. The van der Waals surface area contributed by atoms with Crippen LogP contribution in [0.1, 0.15) is 16.1 Å². The number of hydrogen-bond donors (Lipinski definition) is 4. The molecule has 39 heavy (non-hydrogen) atoms. The predicted molar refractivity (Wildman–Crippen MR) is 142 cm³/mol. The lowest BCUT2D eigenvalue weighted by Gasteiger charge is -2.23. The molecule has 0 bridgehead atoms. The van der Waals surface area contributed by atoms with Gasteiger partial charge in [0, 0.05) is 44.6 Å². The fourth-order valence-corrected chi connectivity index (χ4v) is 4.51. The van der Waals surface area contributed by atoms with Gasteiger partial charge in [-0.05, 0) is 30.3 Å². The normalized spacial score (nSPS) is 11.1. The fraction of sp³-hybridized carbons (Fsp3) is 0.185. The van der Waals surface area contributed by atoms with Crippen LogP contribution in [0.2, 0.25) is 0 Å². The molecule has 0 saturated carbocycles. The highest BCUT2D eigenvalue weighted by Gasteiger charge is 2.28. The zero-order valence-corrected chi connectivity index (χ0v) is 21.7. The number of amides is 1. The third-order valence-electron chi connectivity index (χ3n) is 6.45. The Balaban J connectivity index is 1.92. The van der Waals surface area contributed by atoms with Gasteiger partial charge < -0.3 is 29.8 Å². The molecule has 2 aromatic heterocycles. The first-order valence-electron chi connectivity index (χ1n) is 11.7. The van der Waals surface area contributed by atoms with Crippen molar-refractivity contribution < 1.29 is 38.5 Å². The van der Waals surface area contributed by atoms with E-state index in [1.54, 1.807) is 55.0 Å². The number of halogens is 2. The van der Waals surface area contributed by atoms with Gasteiger partial charge in [0.2, 0.25) is 11.5 Å². The quantitative estimate of drug-likeness (QED) is 0.146. The number of carbonyl (C=O) groups excluding carboxylic acids is 2. The average Bonchev–Trinajstić information content (AvgIpc) is 3.38. The number of nitrogens with zero attached hydrogens (tertiary/aromatic N) is 2. The number of nitrogens with two attached hydrogens (primary N) is 2. The molecule has 0 radical (unpaired) electrons. The van der Waals surface area contributed by atoms with Crippen molar-refractivity contribution in [2.75, 3.05) is 50.9 Å². The minimum atomic E-state index is -1.02. The van der Waals surface area contributed by atoms with Gasteiger partial charge in [-0.25, -0.2) is 14.0 Å². The van der Waals surface area contributed by atoms with Crippen molar-refractivity contribution in [1.29, 1.82) is 0 Å². The Morgan fingerprint density at radius 3 is 2.44 bits per heavy atom. The van der Waals surface area contributed by atoms with Crippen LogP contribution in [0.15, 0.2) is 48.7 Å². The van der Waals surface area contributed by atoms with E-state index in [2.05, 4.69) is 5.32 Å². The summed E-state index contributed by atoms with van der Waals surface area (Å²) < 4.78 is 40.4. The van der Waals surface area contributed by atoms with E-state index in [4.69, 9.17) is 15.2 Å². The summed E-state index contributed by atoms with van der Waals surface area (Å²) in [6.07, 6.45) is 1.65. The van der Waals surface area contributed by atoms with Gasteiger partial charge in [-0.3, -0.25) is 9.59 Å². The Hall–Kier alpha value is -4.52. The summed E-state index contributed by atoms with van der Waals surface area (Å²) in [5.41, 5.74) is 8.43. The zero-order chi connectivity index (χ0) is 28.4. The smallest absolute Gasteiger partial charge is 0.252 e. The van der Waals surface area contributed by atoms with E-state index in [1.807, 2.05) is 0 Å². The molecule has 0 spiro atoms. The highest BCUT2D eigenvalue weighted by molar-refractivity contribution is 6.10. The average molecular weight is 541 g/mol. The SMILES string of the molecule is CNc1c([NH2+]O)c(N(C)C(=O)COC)cc(OC)c1-c1cccn2c(C(=O)c3cc(F)c(N)c(F)c3)ccc12. The molecular formula is C27H28F2N5O5+. The third-order valence-corrected chi connectivity index (χ3v) is 6.45. The first-order chi connectivity index (χ1) is 18.7. The maximum atomic E-state index is 14.1. The molecule has 4 rings (SSSR count). The van der Waals surface area contributed by atoms with Gasteiger partial charge in [-0.15, -0.1) is 0 Å². The molecule has 1 amide bonds. The molecule has 12 heteroatoms. The lowest BCUT2D eigenvalue weighted by molar-refractivity contribution is -0.824. The van der Waals surface area contributed by atoms with Crippen LogP contribution in [0.5, 0.6) is 5.75 Å². The molecule has 0 aliphatic carbocycles. The largest absolute Gasteiger partial charge is 0.496 e. The number of methoxy groups -OCH3 is 2. The second-order valence-electron chi connectivity index (χ2n) is 8.60. The van der Waals surface area contributed by atoms with E-state index in [0.717, 1.165) is 17.6 Å². The van der Waals surface area contributed by atoms with Crippen LogP contribution >= 0.6 is 0 Å². The summed E-state index contributed by atoms with van der Waals surface area (Å²) in [6.45, 7) is -0.164. The predicted octanol–water partition coefficient (Wildman–Crippen LogP) is 2.94. The number of benzene rings is 2. The molecule has 6 N–H and O–H groups in total. The van der Waals surface area contributed by atoms with Crippen LogP contribution in [0.25, 0.3) is 16.6 Å². The highest BCUT2D eigenvalue weighted by Crippen LogP contribution is 2.46. The number of nitrogen functional groups attached to an aromatic ring is 1. The molecule has 0 atom stereocenters. The summed E-state index contributed by atoms with van der Waals surface area (Å²) in [5.74, 6) is -2.62. The summed E-state index contributed by atoms with van der Waals surface area (Å²) in [6, 6.07) is 10.1. The van der Waals surface area contributed by atoms with E-state index >= 15 is 0 Å². The maximum absolute atomic E-state index is 14.1. The lowest BCUT2D eigenvalue weighted by atomic mass is 9.99. The van der Waals surface area contributed by atoms with E-state index in [0.29, 0.717) is 39.5 Å². The van der Waals surface area contributed by atoms with Crippen molar-refractivity contribution in [3.63, 3.8) is 0 Å². The standard InChI is InChI=1S/C27H27F2N5O5/c1-31-26-23(21(39-4)12-20(25(26)32-37)33(2)22(35)13-38-3)15-6-5-9-34-18(15)7-8-19(34)27(36)14-10-16(28)24(30)17(29)11-14/h5-12,31-32,37H,13,30H2,1-4H3/p+1. The van der Waals surface area contributed by atoms with Gasteiger partial charge in [-0.1, -0.05) is 6.07 Å². The van der Waals surface area contributed by atoms with Crippen LogP contribution in [-0.4, -0.2) is 56.2 Å². The fourth-order valence-electron chi connectivity index (χ4n) is 4.51. The van der Waals surface area contributed by atoms with Crippen molar-refractivity contribution in [1.82, 2.24) is 4.40 Å². The first kappa shape index (κ1) is 27.5. The second-order valence-corrected chi connectivity index (χ2v) is 8.60. The van der Waals surface area contributed by atoms with Crippen LogP contribution in [-0.2, 0) is 9.53 Å². The van der Waals surface area contributed by atoms with Crippen molar-refractivity contribution in [2.45, 2.75) is 0 Å². The number of nitrogens with one attached hydrogen (secondary N) is 1. The highest BCUT2D eigenvalue weighted by atomic mass is 19.1. The minimum absolute atomic E-state index is 0.163. The summed E-state index contributed by atoms with van der Waals surface area (Å²) in [4.78, 5) is 27.1. The summed E-state index contributed by atoms with van der Waals surface area (Å²) in [7, 11) is 6.09. The Bertz CT molecular complexity index is 1560. The first-order valence-corrected chi connectivity index (χ1v) is 11.7. The number of fused-ring (bicyclic) bond motifs is 1. The van der Waals surface area contributed by atoms with Crippen molar-refractivity contribution in [2.24, 2.45) is 0 Å². The van der Waals surface area contributed by atoms with Gasteiger partial charge in [0.15, 0.2) is 0 Å². The molecule has 0 fully saturated rings. The topological polar surface area (TPSA) is 135 Å². The number of pyridine rings is 1. The van der Waals surface area contributed by atoms with Crippen molar-refractivity contribution >= 4 is 40.0 Å². The Kier molecular flexibility index (Phi) is 7.81. The molecule has 204 valence electrons. The Morgan fingerprint density at radius 1 is 1.15 bits per heavy atom. The van der Waals surface area contributed by atoms with E-state index in [9.17, 15) is 23.6 Å². The minimum Gasteiger partial charge on any atom is -0.496 e. The monoisotopic (exact) mass is 540 g/mol. The van der Waals surface area contributed by atoms with Crippen molar-refractivity contribution in [3.05, 3.63) is 71.6 Å². The van der Waals surface area contributed by atoms with Crippen LogP contribution in [0.4, 0.5) is 31.5 Å². The van der Waals surface area contributed by atoms with Gasteiger partial charge in [-0.2, -0.15) is 5.48 Å². The van der Waals surface area contributed by atoms with Crippen LogP contribution in [0, 0.1) is 11.6 Å². The molecule has 4 aromatic rings. The number of quaternary nitrogens is 1. The number of ketones is 1. The lowest BCUT2D eigenvalue weighted by Crippen LogP contribution is -2.74. The number of rotatable bonds is 9. The summed E-state index contributed by atoms with van der Waals surface area (Å²) >= 11 is 0. The van der Waals surface area contributed by atoms with E-state index in [-0.39, 0.29) is 23.8 Å². The number of hydrogen-bond acceptors (Lipinski definition) is 7. The Morgan fingerprint density at radius 2 is 1.85 bits per heavy atom. The van der Waals surface area contributed by atoms with Gasteiger partial charge in [0.25, 0.3) is 5.91 Å². The number of aromatic nitrogens is 1. The van der Waals surface area contributed by atoms with E-state index in [1.165, 1.54) is 19.1 Å². The van der Waals surface area contributed by atoms with Crippen LogP contribution < -0.4 is 26.2 Å². The number of anilines is 3. The molecule has 0 saturated heterocycles. The van der Waals surface area contributed by atoms with Gasteiger partial charge in [0.05, 0.1) is 23.9 Å². The molecular weight excluding hydrogens is 512 g/mol.